The molecule has 0 atom stereocenters. The summed E-state index contributed by atoms with van der Waals surface area (Å²) in [5.74, 6) is 1.60. The van der Waals surface area contributed by atoms with E-state index in [1.165, 1.54) is 0 Å². The number of aryl methyl sites for hydroxylation is 1. The van der Waals surface area contributed by atoms with Crippen molar-refractivity contribution in [3.8, 4) is 17.1 Å². The van der Waals surface area contributed by atoms with Gasteiger partial charge in [-0.05, 0) is 6.92 Å². The lowest BCUT2D eigenvalue weighted by Gasteiger charge is -2.07. The molecule has 0 radical (unpaired) electrons. The van der Waals surface area contributed by atoms with Gasteiger partial charge in [-0.1, -0.05) is 30.3 Å². The Morgan fingerprint density at radius 2 is 1.89 bits per heavy atom. The highest BCUT2D eigenvalue weighted by Gasteiger charge is 2.15. The predicted molar refractivity (Wildman–Crippen MR) is 65.3 cm³/mol. The quantitative estimate of drug-likeness (QED) is 0.680. The predicted octanol–water partition coefficient (Wildman–Crippen LogP) is 1.50. The molecular weight excluding hydrogens is 230 g/mol. The number of hydrogen-bond donors (Lipinski definition) is 0. The number of aromatic nitrogens is 5. The van der Waals surface area contributed by atoms with Crippen LogP contribution in [0.1, 0.15) is 5.82 Å². The molecule has 0 saturated heterocycles. The maximum Gasteiger partial charge on any atom is 0.275 e. The van der Waals surface area contributed by atoms with E-state index < -0.39 is 0 Å². The first-order valence-corrected chi connectivity index (χ1v) is 5.49. The SMILES string of the molecule is COc1c(-c2ccccc2)nnc2nc(C)nn12. The van der Waals surface area contributed by atoms with Gasteiger partial charge >= 0.3 is 0 Å². The molecule has 0 aliphatic heterocycles. The van der Waals surface area contributed by atoms with Crippen molar-refractivity contribution in [1.29, 1.82) is 0 Å². The molecule has 3 rings (SSSR count). The smallest absolute Gasteiger partial charge is 0.275 e. The third kappa shape index (κ3) is 1.58. The Kier molecular flexibility index (Phi) is 2.40. The number of ether oxygens (including phenoxy) is 1. The van der Waals surface area contributed by atoms with Gasteiger partial charge in [0.25, 0.3) is 5.78 Å². The van der Waals surface area contributed by atoms with Crippen LogP contribution in [0.5, 0.6) is 5.88 Å². The second-order valence-electron chi connectivity index (χ2n) is 3.79. The molecule has 18 heavy (non-hydrogen) atoms. The summed E-state index contributed by atoms with van der Waals surface area (Å²) in [6, 6.07) is 9.71. The van der Waals surface area contributed by atoms with Crippen LogP contribution in [-0.2, 0) is 0 Å². The molecule has 0 aliphatic rings. The highest BCUT2D eigenvalue weighted by molar-refractivity contribution is 5.64. The van der Waals surface area contributed by atoms with E-state index in [0.717, 1.165) is 5.56 Å². The molecule has 0 saturated carbocycles. The zero-order valence-electron chi connectivity index (χ0n) is 10.0. The fourth-order valence-corrected chi connectivity index (χ4v) is 1.80. The van der Waals surface area contributed by atoms with Gasteiger partial charge in [0.15, 0.2) is 11.5 Å². The second-order valence-corrected chi connectivity index (χ2v) is 3.79. The number of methoxy groups -OCH3 is 1. The van der Waals surface area contributed by atoms with Crippen LogP contribution >= 0.6 is 0 Å². The van der Waals surface area contributed by atoms with Crippen molar-refractivity contribution in [2.24, 2.45) is 0 Å². The number of rotatable bonds is 2. The summed E-state index contributed by atoms with van der Waals surface area (Å²) >= 11 is 0. The maximum absolute atomic E-state index is 5.38. The largest absolute Gasteiger partial charge is 0.479 e. The Labute approximate surface area is 103 Å². The molecule has 6 nitrogen and oxygen atoms in total. The fourth-order valence-electron chi connectivity index (χ4n) is 1.80. The van der Waals surface area contributed by atoms with Crippen LogP contribution in [0.25, 0.3) is 17.0 Å². The topological polar surface area (TPSA) is 65.2 Å². The summed E-state index contributed by atoms with van der Waals surface area (Å²) in [6.45, 7) is 1.80. The molecule has 6 heteroatoms. The Morgan fingerprint density at radius 1 is 1.11 bits per heavy atom. The summed E-state index contributed by atoms with van der Waals surface area (Å²) in [4.78, 5) is 4.15. The van der Waals surface area contributed by atoms with Crippen molar-refractivity contribution in [3.05, 3.63) is 36.2 Å². The van der Waals surface area contributed by atoms with E-state index in [9.17, 15) is 0 Å². The van der Waals surface area contributed by atoms with Gasteiger partial charge in [0.1, 0.15) is 0 Å². The van der Waals surface area contributed by atoms with Crippen LogP contribution in [0.3, 0.4) is 0 Å². The molecule has 2 aromatic heterocycles. The molecule has 2 heterocycles. The average molecular weight is 241 g/mol. The third-order valence-electron chi connectivity index (χ3n) is 2.57. The molecule has 0 amide bonds. The van der Waals surface area contributed by atoms with Crippen molar-refractivity contribution in [1.82, 2.24) is 24.8 Å². The van der Waals surface area contributed by atoms with Crippen LogP contribution in [0, 0.1) is 6.92 Å². The zero-order chi connectivity index (χ0) is 12.5. The van der Waals surface area contributed by atoms with E-state index in [1.807, 2.05) is 30.3 Å². The fraction of sp³-hybridized carbons (Fsp3) is 0.167. The van der Waals surface area contributed by atoms with Gasteiger partial charge in [0.2, 0.25) is 5.88 Å². The Morgan fingerprint density at radius 3 is 2.61 bits per heavy atom. The van der Waals surface area contributed by atoms with Gasteiger partial charge in [0, 0.05) is 5.56 Å². The van der Waals surface area contributed by atoms with E-state index in [4.69, 9.17) is 4.74 Å². The average Bonchev–Trinajstić information content (AvgIpc) is 2.78. The van der Waals surface area contributed by atoms with Crippen molar-refractivity contribution in [3.63, 3.8) is 0 Å². The van der Waals surface area contributed by atoms with Crippen LogP contribution in [0.2, 0.25) is 0 Å². The number of hydrogen-bond acceptors (Lipinski definition) is 5. The van der Waals surface area contributed by atoms with Crippen molar-refractivity contribution >= 4 is 5.78 Å². The van der Waals surface area contributed by atoms with E-state index in [1.54, 1.807) is 18.5 Å². The van der Waals surface area contributed by atoms with E-state index in [0.29, 0.717) is 23.2 Å². The van der Waals surface area contributed by atoms with Crippen LogP contribution in [-0.4, -0.2) is 31.9 Å². The number of nitrogens with zero attached hydrogens (tertiary/aromatic N) is 5. The molecule has 0 bridgehead atoms. The lowest BCUT2D eigenvalue weighted by molar-refractivity contribution is 0.383. The first kappa shape index (κ1) is 10.6. The summed E-state index contributed by atoms with van der Waals surface area (Å²) < 4.78 is 6.94. The molecule has 0 fully saturated rings. The molecular formula is C12H11N5O. The molecule has 0 unspecified atom stereocenters. The normalized spacial score (nSPS) is 10.8. The van der Waals surface area contributed by atoms with E-state index >= 15 is 0 Å². The van der Waals surface area contributed by atoms with Crippen LogP contribution in [0.15, 0.2) is 30.3 Å². The summed E-state index contributed by atoms with van der Waals surface area (Å²) in [5, 5.41) is 12.5. The first-order chi connectivity index (χ1) is 8.79. The van der Waals surface area contributed by atoms with Gasteiger partial charge in [-0.3, -0.25) is 0 Å². The lowest BCUT2D eigenvalue weighted by Crippen LogP contribution is -2.03. The molecule has 0 aliphatic carbocycles. The molecule has 0 N–H and O–H groups in total. The summed E-state index contributed by atoms with van der Waals surface area (Å²) in [5.41, 5.74) is 1.58. The lowest BCUT2D eigenvalue weighted by atomic mass is 10.2. The van der Waals surface area contributed by atoms with Crippen LogP contribution < -0.4 is 4.74 Å². The van der Waals surface area contributed by atoms with Gasteiger partial charge in [0.05, 0.1) is 7.11 Å². The van der Waals surface area contributed by atoms with Gasteiger partial charge in [-0.15, -0.1) is 15.3 Å². The summed E-state index contributed by atoms with van der Waals surface area (Å²) in [7, 11) is 1.58. The second kappa shape index (κ2) is 4.06. The monoisotopic (exact) mass is 241 g/mol. The minimum Gasteiger partial charge on any atom is -0.479 e. The van der Waals surface area contributed by atoms with E-state index in [-0.39, 0.29) is 0 Å². The summed E-state index contributed by atoms with van der Waals surface area (Å²) in [6.07, 6.45) is 0. The van der Waals surface area contributed by atoms with Gasteiger partial charge in [-0.25, -0.2) is 0 Å². The van der Waals surface area contributed by atoms with Crippen molar-refractivity contribution < 1.29 is 4.74 Å². The van der Waals surface area contributed by atoms with Gasteiger partial charge < -0.3 is 4.74 Å². The van der Waals surface area contributed by atoms with Crippen molar-refractivity contribution in [2.45, 2.75) is 6.92 Å². The number of benzene rings is 1. The van der Waals surface area contributed by atoms with Gasteiger partial charge in [-0.2, -0.15) is 9.50 Å². The molecule has 0 spiro atoms. The maximum atomic E-state index is 5.38. The highest BCUT2D eigenvalue weighted by Crippen LogP contribution is 2.26. The first-order valence-electron chi connectivity index (χ1n) is 5.49. The zero-order valence-corrected chi connectivity index (χ0v) is 10.0. The molecule has 1 aromatic carbocycles. The van der Waals surface area contributed by atoms with Crippen LogP contribution in [0.4, 0.5) is 0 Å². The Hall–Kier alpha value is -2.50. The standard InChI is InChI=1S/C12H11N5O/c1-8-13-12-15-14-10(9-6-4-3-5-7-9)11(18-2)17(12)16-8/h3-7H,1-2H3. The minimum absolute atomic E-state index is 0.434. The Balaban J connectivity index is 2.30. The molecule has 3 aromatic rings. The van der Waals surface area contributed by atoms with E-state index in [2.05, 4.69) is 20.3 Å². The highest BCUT2D eigenvalue weighted by atomic mass is 16.5. The minimum atomic E-state index is 0.434. The van der Waals surface area contributed by atoms with Crippen molar-refractivity contribution in [2.75, 3.05) is 7.11 Å². The Bertz CT molecular complexity index is 692. The third-order valence-corrected chi connectivity index (χ3v) is 2.57. The molecule has 90 valence electrons. The number of fused-ring (bicyclic) bond motifs is 1.